The molecule has 0 saturated carbocycles. The molecule has 0 aromatic carbocycles. The summed E-state index contributed by atoms with van der Waals surface area (Å²) in [6.07, 6.45) is 1.45. The predicted octanol–water partition coefficient (Wildman–Crippen LogP) is 1.13. The van der Waals surface area contributed by atoms with Crippen molar-refractivity contribution >= 4 is 0 Å². The lowest BCUT2D eigenvalue weighted by Gasteiger charge is -2.17. The van der Waals surface area contributed by atoms with Crippen molar-refractivity contribution < 1.29 is 5.11 Å². The summed E-state index contributed by atoms with van der Waals surface area (Å²) in [6, 6.07) is 0.164. The summed E-state index contributed by atoms with van der Waals surface area (Å²) < 4.78 is 0. The van der Waals surface area contributed by atoms with Crippen LogP contribution in [0.5, 0.6) is 0 Å². The van der Waals surface area contributed by atoms with E-state index in [1.54, 1.807) is 0 Å². The van der Waals surface area contributed by atoms with Gasteiger partial charge in [0.15, 0.2) is 0 Å². The molecule has 62 valence electrons. The molecule has 0 amide bonds. The maximum atomic E-state index is 9.35. The Balaban J connectivity index is 3.46. The number of nitrogens with two attached hydrogens (primary N) is 1. The van der Waals surface area contributed by atoms with Gasteiger partial charge in [0.25, 0.3) is 0 Å². The van der Waals surface area contributed by atoms with Crippen LogP contribution in [0.3, 0.4) is 0 Å². The Morgan fingerprint density at radius 2 is 1.90 bits per heavy atom. The molecule has 2 nitrogen and oxygen atoms in total. The summed E-state index contributed by atoms with van der Waals surface area (Å²) in [5.41, 5.74) is 5.65. The van der Waals surface area contributed by atoms with Crippen LogP contribution in [-0.2, 0) is 0 Å². The zero-order valence-corrected chi connectivity index (χ0v) is 7.17. The second kappa shape index (κ2) is 4.69. The molecule has 2 heteroatoms. The van der Waals surface area contributed by atoms with Crippen LogP contribution >= 0.6 is 0 Å². The van der Waals surface area contributed by atoms with E-state index in [4.69, 9.17) is 5.73 Å². The van der Waals surface area contributed by atoms with Crippen molar-refractivity contribution in [1.29, 1.82) is 0 Å². The van der Waals surface area contributed by atoms with Crippen molar-refractivity contribution in [3.63, 3.8) is 0 Å². The molecular weight excluding hydrogens is 126 g/mol. The monoisotopic (exact) mass is 145 g/mol. The largest absolute Gasteiger partial charge is 0.393 e. The molecule has 3 N–H and O–H groups in total. The molecule has 0 spiro atoms. The number of aliphatic hydroxyl groups is 1. The Hall–Kier alpha value is -0.0800. The fraction of sp³-hybridized carbons (Fsp3) is 1.00. The van der Waals surface area contributed by atoms with Crippen molar-refractivity contribution in [3.8, 4) is 0 Å². The summed E-state index contributed by atoms with van der Waals surface area (Å²) in [6.45, 7) is 6.05. The van der Waals surface area contributed by atoms with Gasteiger partial charge in [0, 0.05) is 6.04 Å². The standard InChI is InChI=1S/C8H19NO/c1-4-7(9)5-8(10)6(2)3/h6-8,10H,4-5,9H2,1-3H3. The normalized spacial score (nSPS) is 17.4. The van der Waals surface area contributed by atoms with Gasteiger partial charge in [-0.15, -0.1) is 0 Å². The molecule has 0 bridgehead atoms. The van der Waals surface area contributed by atoms with Crippen molar-refractivity contribution in [3.05, 3.63) is 0 Å². The highest BCUT2D eigenvalue weighted by Crippen LogP contribution is 2.08. The lowest BCUT2D eigenvalue weighted by atomic mass is 9.99. The van der Waals surface area contributed by atoms with E-state index < -0.39 is 0 Å². The fourth-order valence-electron chi connectivity index (χ4n) is 0.749. The van der Waals surface area contributed by atoms with Crippen LogP contribution in [0.2, 0.25) is 0 Å². The molecule has 0 aromatic rings. The van der Waals surface area contributed by atoms with Crippen LogP contribution in [0.25, 0.3) is 0 Å². The Bertz CT molecular complexity index is 83.3. The Morgan fingerprint density at radius 1 is 1.40 bits per heavy atom. The highest BCUT2D eigenvalue weighted by Gasteiger charge is 2.11. The molecule has 0 aliphatic rings. The zero-order chi connectivity index (χ0) is 8.15. The van der Waals surface area contributed by atoms with Gasteiger partial charge in [0.2, 0.25) is 0 Å². The minimum absolute atomic E-state index is 0.164. The molecule has 0 saturated heterocycles. The molecule has 0 aromatic heterocycles. The lowest BCUT2D eigenvalue weighted by Crippen LogP contribution is -2.28. The van der Waals surface area contributed by atoms with Crippen LogP contribution in [0.15, 0.2) is 0 Å². The zero-order valence-electron chi connectivity index (χ0n) is 7.17. The van der Waals surface area contributed by atoms with Gasteiger partial charge in [0.1, 0.15) is 0 Å². The second-order valence-corrected chi connectivity index (χ2v) is 3.22. The van der Waals surface area contributed by atoms with Crippen LogP contribution < -0.4 is 5.73 Å². The van der Waals surface area contributed by atoms with Gasteiger partial charge in [-0.2, -0.15) is 0 Å². The van der Waals surface area contributed by atoms with E-state index in [-0.39, 0.29) is 12.1 Å². The minimum Gasteiger partial charge on any atom is -0.393 e. The third kappa shape index (κ3) is 3.85. The van der Waals surface area contributed by atoms with Crippen molar-refractivity contribution in [2.75, 3.05) is 0 Å². The van der Waals surface area contributed by atoms with E-state index in [9.17, 15) is 5.11 Å². The number of hydrogen-bond acceptors (Lipinski definition) is 2. The van der Waals surface area contributed by atoms with Crippen LogP contribution in [0.4, 0.5) is 0 Å². The molecule has 2 atom stereocenters. The molecular formula is C8H19NO. The molecule has 0 radical (unpaired) electrons. The minimum atomic E-state index is -0.227. The number of rotatable bonds is 4. The van der Waals surface area contributed by atoms with Crippen molar-refractivity contribution in [1.82, 2.24) is 0 Å². The van der Waals surface area contributed by atoms with Crippen LogP contribution in [0, 0.1) is 5.92 Å². The Kier molecular flexibility index (Phi) is 4.65. The first-order chi connectivity index (χ1) is 4.57. The average Bonchev–Trinajstić information content (AvgIpc) is 1.87. The summed E-state index contributed by atoms with van der Waals surface area (Å²) in [7, 11) is 0. The van der Waals surface area contributed by atoms with Gasteiger partial charge in [-0.3, -0.25) is 0 Å². The van der Waals surface area contributed by atoms with E-state index in [1.165, 1.54) is 0 Å². The molecule has 0 aliphatic carbocycles. The first-order valence-electron chi connectivity index (χ1n) is 4.01. The SMILES string of the molecule is CCC(N)CC(O)C(C)C. The van der Waals surface area contributed by atoms with E-state index in [0.717, 1.165) is 12.8 Å². The van der Waals surface area contributed by atoms with Gasteiger partial charge < -0.3 is 10.8 Å². The van der Waals surface area contributed by atoms with E-state index in [1.807, 2.05) is 20.8 Å². The molecule has 10 heavy (non-hydrogen) atoms. The molecule has 2 unspecified atom stereocenters. The van der Waals surface area contributed by atoms with E-state index in [2.05, 4.69) is 0 Å². The Morgan fingerprint density at radius 3 is 2.20 bits per heavy atom. The van der Waals surface area contributed by atoms with Gasteiger partial charge in [0.05, 0.1) is 6.10 Å². The average molecular weight is 145 g/mol. The first kappa shape index (κ1) is 9.92. The van der Waals surface area contributed by atoms with Crippen LogP contribution in [-0.4, -0.2) is 17.3 Å². The second-order valence-electron chi connectivity index (χ2n) is 3.22. The van der Waals surface area contributed by atoms with Gasteiger partial charge in [-0.25, -0.2) is 0 Å². The fourth-order valence-corrected chi connectivity index (χ4v) is 0.749. The summed E-state index contributed by atoms with van der Waals surface area (Å²) in [4.78, 5) is 0. The van der Waals surface area contributed by atoms with Gasteiger partial charge in [-0.05, 0) is 18.8 Å². The molecule has 0 aliphatic heterocycles. The van der Waals surface area contributed by atoms with Crippen molar-refractivity contribution in [2.45, 2.75) is 45.8 Å². The summed E-state index contributed by atoms with van der Waals surface area (Å²) in [5, 5.41) is 9.35. The quantitative estimate of drug-likeness (QED) is 0.623. The highest BCUT2D eigenvalue weighted by molar-refractivity contribution is 4.67. The topological polar surface area (TPSA) is 46.2 Å². The maximum absolute atomic E-state index is 9.35. The summed E-state index contributed by atoms with van der Waals surface area (Å²) >= 11 is 0. The lowest BCUT2D eigenvalue weighted by molar-refractivity contribution is 0.108. The Labute approximate surface area is 63.4 Å². The van der Waals surface area contributed by atoms with Crippen molar-refractivity contribution in [2.24, 2.45) is 11.7 Å². The smallest absolute Gasteiger partial charge is 0.0577 e. The number of aliphatic hydroxyl groups excluding tert-OH is 1. The highest BCUT2D eigenvalue weighted by atomic mass is 16.3. The molecule has 0 fully saturated rings. The van der Waals surface area contributed by atoms with Crippen LogP contribution in [0.1, 0.15) is 33.6 Å². The molecule has 0 heterocycles. The van der Waals surface area contributed by atoms with Gasteiger partial charge in [-0.1, -0.05) is 20.8 Å². The third-order valence-electron chi connectivity index (χ3n) is 1.84. The first-order valence-corrected chi connectivity index (χ1v) is 4.01. The van der Waals surface area contributed by atoms with E-state index >= 15 is 0 Å². The summed E-state index contributed by atoms with van der Waals surface area (Å²) in [5.74, 6) is 0.331. The number of hydrogen-bond donors (Lipinski definition) is 2. The van der Waals surface area contributed by atoms with Gasteiger partial charge >= 0.3 is 0 Å². The maximum Gasteiger partial charge on any atom is 0.0577 e. The van der Waals surface area contributed by atoms with E-state index in [0.29, 0.717) is 5.92 Å². The predicted molar refractivity (Wildman–Crippen MR) is 43.7 cm³/mol. The molecule has 0 rings (SSSR count). The third-order valence-corrected chi connectivity index (χ3v) is 1.84.